The van der Waals surface area contributed by atoms with Gasteiger partial charge in [-0.15, -0.1) is 0 Å². The van der Waals surface area contributed by atoms with E-state index in [1.54, 1.807) is 69.3 Å². The van der Waals surface area contributed by atoms with Gasteiger partial charge in [-0.25, -0.2) is 14.4 Å². The van der Waals surface area contributed by atoms with E-state index in [0.29, 0.717) is 11.8 Å². The van der Waals surface area contributed by atoms with Crippen LogP contribution < -0.4 is 16.0 Å². The summed E-state index contributed by atoms with van der Waals surface area (Å²) in [5.41, 5.74) is 0.688. The number of aliphatic imine (C=N–C) groups is 1. The molecule has 0 saturated heterocycles. The molecule has 0 aliphatic heterocycles. The Morgan fingerprint density at radius 3 is 1.81 bits per heavy atom. The van der Waals surface area contributed by atoms with Gasteiger partial charge in [0.1, 0.15) is 24.9 Å². The monoisotopic (exact) mass is 616 g/mol. The number of aliphatic carboxylic acids is 1. The Balaban J connectivity index is 2.03. The summed E-state index contributed by atoms with van der Waals surface area (Å²) < 4.78 is 15.6. The molecular weight excluding hydrogens is 580 g/mol. The van der Waals surface area contributed by atoms with E-state index in [4.69, 9.17) is 19.3 Å². The van der Waals surface area contributed by atoms with E-state index in [9.17, 15) is 24.0 Å². The van der Waals surface area contributed by atoms with Crippen molar-refractivity contribution in [2.45, 2.75) is 58.5 Å². The third-order valence-electron chi connectivity index (χ3n) is 5.10. The minimum absolute atomic E-state index is 0.00333. The maximum Gasteiger partial charge on any atom is 0.414 e. The Labute approximate surface area is 253 Å². The number of hydrogen-bond acceptors (Lipinski definition) is 10. The van der Waals surface area contributed by atoms with E-state index in [1.807, 2.05) is 12.1 Å². The molecule has 0 bridgehead atoms. The number of benzene rings is 2. The second kappa shape index (κ2) is 18.1. The molecule has 2 aromatic carbocycles. The smallest absolute Gasteiger partial charge is 0.414 e. The lowest BCUT2D eigenvalue weighted by Crippen LogP contribution is -2.44. The first-order chi connectivity index (χ1) is 20.4. The van der Waals surface area contributed by atoms with Crippen LogP contribution in [0, 0.1) is 0 Å². The molecule has 13 nitrogen and oxygen atoms in total. The molecule has 1 atom stereocenters. The lowest BCUT2D eigenvalue weighted by molar-refractivity contribution is -0.134. The lowest BCUT2D eigenvalue weighted by Gasteiger charge is -2.22. The number of carbonyl (C=O) groups is 5. The SMILES string of the molecule is CC(C)(C)OC(=O)N[C@@H](CCCN=C(NC(=O)OCc1ccccc1)NC(=O)OCc1ccccc1)C(=O)SCC(=O)O. The van der Waals surface area contributed by atoms with Crippen molar-refractivity contribution in [3.8, 4) is 0 Å². The van der Waals surface area contributed by atoms with Crippen molar-refractivity contribution in [3.05, 3.63) is 71.8 Å². The van der Waals surface area contributed by atoms with Crippen LogP contribution in [0.5, 0.6) is 0 Å². The highest BCUT2D eigenvalue weighted by molar-refractivity contribution is 8.14. The van der Waals surface area contributed by atoms with Crippen LogP contribution in [0.25, 0.3) is 0 Å². The molecule has 0 heterocycles. The van der Waals surface area contributed by atoms with Gasteiger partial charge in [0.2, 0.25) is 11.1 Å². The summed E-state index contributed by atoms with van der Waals surface area (Å²) in [4.78, 5) is 64.8. The molecular formula is C29H36N4O9S. The number of carboxylic acid groups (broad SMARTS) is 1. The second-order valence-electron chi connectivity index (χ2n) is 9.95. The van der Waals surface area contributed by atoms with E-state index in [-0.39, 0.29) is 38.6 Å². The van der Waals surface area contributed by atoms with E-state index >= 15 is 0 Å². The topological polar surface area (TPSA) is 182 Å². The van der Waals surface area contributed by atoms with Crippen LogP contribution >= 0.6 is 11.8 Å². The quantitative estimate of drug-likeness (QED) is 0.117. The summed E-state index contributed by atoms with van der Waals surface area (Å²) >= 11 is 0.549. The van der Waals surface area contributed by atoms with Gasteiger partial charge in [0, 0.05) is 6.54 Å². The van der Waals surface area contributed by atoms with Gasteiger partial charge in [-0.3, -0.25) is 25.2 Å². The van der Waals surface area contributed by atoms with Crippen molar-refractivity contribution in [1.82, 2.24) is 16.0 Å². The zero-order chi connectivity index (χ0) is 31.7. The normalized spacial score (nSPS) is 11.3. The van der Waals surface area contributed by atoms with Crippen molar-refractivity contribution in [2.75, 3.05) is 12.3 Å². The van der Waals surface area contributed by atoms with E-state index in [2.05, 4.69) is 20.9 Å². The van der Waals surface area contributed by atoms with E-state index in [1.165, 1.54) is 0 Å². The molecule has 0 spiro atoms. The van der Waals surface area contributed by atoms with Gasteiger partial charge in [-0.1, -0.05) is 72.4 Å². The molecule has 0 fully saturated rings. The number of carboxylic acids is 1. The molecule has 0 aliphatic rings. The number of amides is 3. The standard InChI is InChI=1S/C29H36N4O9S/c1-29(2,3)42-28(39)31-22(24(36)43-19-23(34)35)15-10-16-30-25(32-26(37)40-17-20-11-6-4-7-12-20)33-27(38)41-18-21-13-8-5-9-14-21/h4-9,11-14,22H,10,15-19H2,1-3H3,(H,31,39)(H,34,35)(H2,30,32,33,37,38)/t22-/m0/s1. The molecule has 4 N–H and O–H groups in total. The van der Waals surface area contributed by atoms with Crippen molar-refractivity contribution < 1.29 is 43.3 Å². The molecule has 3 amide bonds. The number of ether oxygens (including phenoxy) is 3. The minimum atomic E-state index is -1.18. The van der Waals surface area contributed by atoms with Crippen LogP contribution in [0.1, 0.15) is 44.7 Å². The zero-order valence-electron chi connectivity index (χ0n) is 24.2. The molecule has 0 saturated carbocycles. The van der Waals surface area contributed by atoms with Crippen LogP contribution in [0.2, 0.25) is 0 Å². The van der Waals surface area contributed by atoms with Crippen LogP contribution in [0.4, 0.5) is 14.4 Å². The number of guanidine groups is 1. The molecule has 0 aliphatic carbocycles. The number of hydrogen-bond donors (Lipinski definition) is 4. The van der Waals surface area contributed by atoms with Crippen molar-refractivity contribution in [3.63, 3.8) is 0 Å². The highest BCUT2D eigenvalue weighted by atomic mass is 32.2. The molecule has 232 valence electrons. The zero-order valence-corrected chi connectivity index (χ0v) is 25.0. The Morgan fingerprint density at radius 1 is 0.837 bits per heavy atom. The second-order valence-corrected chi connectivity index (χ2v) is 10.9. The summed E-state index contributed by atoms with van der Waals surface area (Å²) in [6, 6.07) is 16.9. The Bertz CT molecular complexity index is 1190. The molecule has 14 heteroatoms. The summed E-state index contributed by atoms with van der Waals surface area (Å²) in [7, 11) is 0. The highest BCUT2D eigenvalue weighted by Crippen LogP contribution is 2.13. The van der Waals surface area contributed by atoms with Gasteiger partial charge in [0.05, 0.1) is 5.75 Å². The fourth-order valence-corrected chi connectivity index (χ4v) is 3.88. The van der Waals surface area contributed by atoms with Gasteiger partial charge in [0.15, 0.2) is 0 Å². The molecule has 0 unspecified atom stereocenters. The van der Waals surface area contributed by atoms with Crippen LogP contribution in [-0.4, -0.2) is 64.4 Å². The Hall–Kier alpha value is -4.59. The Kier molecular flexibility index (Phi) is 14.5. The summed E-state index contributed by atoms with van der Waals surface area (Å²) in [5.74, 6) is -1.91. The fourth-order valence-electron chi connectivity index (χ4n) is 3.24. The first-order valence-electron chi connectivity index (χ1n) is 13.3. The first kappa shape index (κ1) is 34.6. The fraction of sp³-hybridized carbons (Fsp3) is 0.379. The highest BCUT2D eigenvalue weighted by Gasteiger charge is 2.25. The molecule has 2 rings (SSSR count). The van der Waals surface area contributed by atoms with Crippen molar-refractivity contribution in [1.29, 1.82) is 0 Å². The van der Waals surface area contributed by atoms with Gasteiger partial charge in [-0.2, -0.15) is 0 Å². The summed E-state index contributed by atoms with van der Waals surface area (Å²) in [5, 5.41) is 15.5. The molecule has 0 radical (unpaired) electrons. The average Bonchev–Trinajstić information content (AvgIpc) is 2.95. The number of alkyl carbamates (subject to hydrolysis) is 3. The third kappa shape index (κ3) is 15.8. The van der Waals surface area contributed by atoms with Crippen molar-refractivity contribution in [2.24, 2.45) is 4.99 Å². The average molecular weight is 617 g/mol. The number of rotatable bonds is 12. The van der Waals surface area contributed by atoms with Gasteiger partial charge in [0.25, 0.3) is 0 Å². The summed E-state index contributed by atoms with van der Waals surface area (Å²) in [6.07, 6.45) is -2.33. The summed E-state index contributed by atoms with van der Waals surface area (Å²) in [6.45, 7) is 4.94. The predicted molar refractivity (Wildman–Crippen MR) is 159 cm³/mol. The van der Waals surface area contributed by atoms with E-state index < -0.39 is 46.8 Å². The number of carbonyl (C=O) groups excluding carboxylic acids is 4. The maximum atomic E-state index is 12.6. The number of nitrogens with zero attached hydrogens (tertiary/aromatic N) is 1. The number of nitrogens with one attached hydrogen (secondary N) is 3. The lowest BCUT2D eigenvalue weighted by atomic mass is 10.2. The largest absolute Gasteiger partial charge is 0.481 e. The maximum absolute atomic E-state index is 12.6. The van der Waals surface area contributed by atoms with Gasteiger partial charge >= 0.3 is 24.2 Å². The molecule has 2 aromatic rings. The number of thioether (sulfide) groups is 1. The third-order valence-corrected chi connectivity index (χ3v) is 6.06. The first-order valence-corrected chi connectivity index (χ1v) is 14.3. The van der Waals surface area contributed by atoms with Crippen molar-refractivity contribution >= 4 is 47.1 Å². The molecule has 43 heavy (non-hydrogen) atoms. The van der Waals surface area contributed by atoms with Crippen LogP contribution in [-0.2, 0) is 37.0 Å². The van der Waals surface area contributed by atoms with Crippen LogP contribution in [0.3, 0.4) is 0 Å². The van der Waals surface area contributed by atoms with E-state index in [0.717, 1.165) is 11.1 Å². The minimum Gasteiger partial charge on any atom is -0.481 e. The molecule has 0 aromatic heterocycles. The van der Waals surface area contributed by atoms with Gasteiger partial charge < -0.3 is 24.6 Å². The van der Waals surface area contributed by atoms with Gasteiger partial charge in [-0.05, 0) is 44.7 Å². The predicted octanol–water partition coefficient (Wildman–Crippen LogP) is 4.21. The van der Waals surface area contributed by atoms with Crippen LogP contribution in [0.15, 0.2) is 65.7 Å². The Morgan fingerprint density at radius 2 is 1.35 bits per heavy atom.